The number of ether oxygens (including phenoxy) is 1. The van der Waals surface area contributed by atoms with E-state index in [0.717, 1.165) is 12.0 Å². The number of amides is 1. The van der Waals surface area contributed by atoms with Crippen LogP contribution < -0.4 is 11.1 Å². The number of nitrogens with one attached hydrogen (secondary N) is 1. The van der Waals surface area contributed by atoms with Gasteiger partial charge in [0.1, 0.15) is 11.9 Å². The number of nitrogens with two attached hydrogens (primary N) is 1. The Bertz CT molecular complexity index is 451. The Morgan fingerprint density at radius 2 is 2.33 bits per heavy atom. The molecule has 2 atom stereocenters. The summed E-state index contributed by atoms with van der Waals surface area (Å²) in [4.78, 5) is 11.9. The molecule has 1 heterocycles. The number of aryl methyl sites for hydroxylation is 1. The Morgan fingerprint density at radius 3 is 2.94 bits per heavy atom. The highest BCUT2D eigenvalue weighted by Gasteiger charge is 2.30. The van der Waals surface area contributed by atoms with Gasteiger partial charge in [0.25, 0.3) is 5.91 Å². The zero-order chi connectivity index (χ0) is 13.1. The predicted molar refractivity (Wildman–Crippen MR) is 66.7 cm³/mol. The average molecular weight is 252 g/mol. The number of carbonyl (C=O) groups is 1. The van der Waals surface area contributed by atoms with Gasteiger partial charge in [0.2, 0.25) is 0 Å². The second kappa shape index (κ2) is 5.46. The van der Waals surface area contributed by atoms with Gasteiger partial charge in [-0.15, -0.1) is 0 Å². The molecule has 0 bridgehead atoms. The van der Waals surface area contributed by atoms with Gasteiger partial charge in [0.15, 0.2) is 0 Å². The summed E-state index contributed by atoms with van der Waals surface area (Å²) in [7, 11) is 0. The van der Waals surface area contributed by atoms with Crippen LogP contribution in [0.25, 0.3) is 0 Å². The molecule has 1 aromatic carbocycles. The zero-order valence-corrected chi connectivity index (χ0v) is 10.3. The number of benzene rings is 1. The molecule has 3 N–H and O–H groups in total. The summed E-state index contributed by atoms with van der Waals surface area (Å²) >= 11 is 0. The maximum absolute atomic E-state index is 13.6. The molecule has 1 saturated heterocycles. The molecule has 1 aliphatic rings. The molecule has 1 aromatic rings. The van der Waals surface area contributed by atoms with Crippen molar-refractivity contribution in [3.8, 4) is 0 Å². The Kier molecular flexibility index (Phi) is 3.93. The topological polar surface area (TPSA) is 64.4 Å². The van der Waals surface area contributed by atoms with Crippen LogP contribution in [0.3, 0.4) is 0 Å². The summed E-state index contributed by atoms with van der Waals surface area (Å²) in [5.41, 5.74) is 6.47. The normalized spacial score (nSPS) is 23.1. The first-order valence-corrected chi connectivity index (χ1v) is 6.02. The van der Waals surface area contributed by atoms with Crippen LogP contribution in [0.4, 0.5) is 10.1 Å². The van der Waals surface area contributed by atoms with E-state index in [1.54, 1.807) is 19.1 Å². The smallest absolute Gasteiger partial charge is 0.253 e. The van der Waals surface area contributed by atoms with E-state index in [1.165, 1.54) is 6.07 Å². The lowest BCUT2D eigenvalue weighted by atomic mass is 10.1. The van der Waals surface area contributed by atoms with Crippen LogP contribution in [0.5, 0.6) is 0 Å². The third-order valence-electron chi connectivity index (χ3n) is 3.05. The van der Waals surface area contributed by atoms with Crippen LogP contribution in [-0.2, 0) is 9.53 Å². The van der Waals surface area contributed by atoms with Gasteiger partial charge >= 0.3 is 0 Å². The molecule has 4 nitrogen and oxygen atoms in total. The molecule has 0 saturated carbocycles. The Balaban J connectivity index is 1.99. The summed E-state index contributed by atoms with van der Waals surface area (Å²) in [5, 5.41) is 2.54. The summed E-state index contributed by atoms with van der Waals surface area (Å²) in [6.07, 6.45) is 0.800. The minimum atomic E-state index is -0.528. The van der Waals surface area contributed by atoms with Crippen LogP contribution in [0.15, 0.2) is 18.2 Å². The third-order valence-corrected chi connectivity index (χ3v) is 3.05. The maximum Gasteiger partial charge on any atom is 0.253 e. The molecular formula is C13H17FN2O2. The Hall–Kier alpha value is -1.46. The quantitative estimate of drug-likeness (QED) is 0.858. The van der Waals surface area contributed by atoms with Gasteiger partial charge in [-0.2, -0.15) is 0 Å². The standard InChI is InChI=1S/C13H17FN2O2/c1-8-2-4-11(10(14)6-8)16-13(17)12-5-3-9(7-15)18-12/h2,4,6,9,12H,3,5,7,15H2,1H3,(H,16,17). The molecule has 1 fully saturated rings. The summed E-state index contributed by atoms with van der Waals surface area (Å²) in [6, 6.07) is 4.68. The first kappa shape index (κ1) is 13.0. The van der Waals surface area contributed by atoms with E-state index in [4.69, 9.17) is 10.5 Å². The van der Waals surface area contributed by atoms with Crippen molar-refractivity contribution in [2.45, 2.75) is 32.0 Å². The van der Waals surface area contributed by atoms with Gasteiger partial charge in [-0.05, 0) is 37.5 Å². The molecule has 5 heteroatoms. The zero-order valence-electron chi connectivity index (χ0n) is 10.3. The Labute approximate surface area is 105 Å². The largest absolute Gasteiger partial charge is 0.364 e. The van der Waals surface area contributed by atoms with E-state index in [1.807, 2.05) is 0 Å². The molecule has 18 heavy (non-hydrogen) atoms. The van der Waals surface area contributed by atoms with Crippen molar-refractivity contribution < 1.29 is 13.9 Å². The van der Waals surface area contributed by atoms with Gasteiger partial charge < -0.3 is 15.8 Å². The predicted octanol–water partition coefficient (Wildman–Crippen LogP) is 1.58. The van der Waals surface area contributed by atoms with E-state index < -0.39 is 11.9 Å². The molecule has 0 spiro atoms. The van der Waals surface area contributed by atoms with Crippen molar-refractivity contribution in [3.05, 3.63) is 29.6 Å². The number of rotatable bonds is 3. The van der Waals surface area contributed by atoms with E-state index in [-0.39, 0.29) is 17.7 Å². The van der Waals surface area contributed by atoms with Crippen molar-refractivity contribution in [2.75, 3.05) is 11.9 Å². The fourth-order valence-corrected chi connectivity index (χ4v) is 2.01. The number of hydrogen-bond acceptors (Lipinski definition) is 3. The molecule has 1 amide bonds. The summed E-state index contributed by atoms with van der Waals surface area (Å²) < 4.78 is 19.0. The number of anilines is 1. The number of halogens is 1. The lowest BCUT2D eigenvalue weighted by Crippen LogP contribution is -2.30. The number of carbonyl (C=O) groups excluding carboxylic acids is 1. The van der Waals surface area contributed by atoms with Crippen molar-refractivity contribution in [1.82, 2.24) is 0 Å². The van der Waals surface area contributed by atoms with E-state index in [2.05, 4.69) is 5.32 Å². The van der Waals surface area contributed by atoms with E-state index >= 15 is 0 Å². The highest BCUT2D eigenvalue weighted by Crippen LogP contribution is 2.21. The monoisotopic (exact) mass is 252 g/mol. The molecule has 1 aliphatic heterocycles. The van der Waals surface area contributed by atoms with E-state index in [0.29, 0.717) is 13.0 Å². The van der Waals surface area contributed by atoms with Gasteiger partial charge in [-0.3, -0.25) is 4.79 Å². The second-order valence-electron chi connectivity index (χ2n) is 4.53. The van der Waals surface area contributed by atoms with Crippen LogP contribution in [0.2, 0.25) is 0 Å². The fraction of sp³-hybridized carbons (Fsp3) is 0.462. The highest BCUT2D eigenvalue weighted by atomic mass is 19.1. The molecule has 2 rings (SSSR count). The third kappa shape index (κ3) is 2.86. The molecule has 0 radical (unpaired) electrons. The molecule has 0 aromatic heterocycles. The van der Waals surface area contributed by atoms with E-state index in [9.17, 15) is 9.18 Å². The first-order chi connectivity index (χ1) is 8.60. The SMILES string of the molecule is Cc1ccc(NC(=O)C2CCC(CN)O2)c(F)c1. The first-order valence-electron chi connectivity index (χ1n) is 6.02. The minimum Gasteiger partial charge on any atom is -0.364 e. The second-order valence-corrected chi connectivity index (χ2v) is 4.53. The van der Waals surface area contributed by atoms with Crippen molar-refractivity contribution in [3.63, 3.8) is 0 Å². The van der Waals surface area contributed by atoms with Gasteiger partial charge in [0, 0.05) is 6.54 Å². The molecule has 0 aliphatic carbocycles. The average Bonchev–Trinajstić information content (AvgIpc) is 2.81. The lowest BCUT2D eigenvalue weighted by Gasteiger charge is -2.13. The molecular weight excluding hydrogens is 235 g/mol. The summed E-state index contributed by atoms with van der Waals surface area (Å²) in [5.74, 6) is -0.745. The van der Waals surface area contributed by atoms with Gasteiger partial charge in [-0.1, -0.05) is 6.07 Å². The minimum absolute atomic E-state index is 0.0661. The van der Waals surface area contributed by atoms with Gasteiger partial charge in [-0.25, -0.2) is 4.39 Å². The van der Waals surface area contributed by atoms with Crippen molar-refractivity contribution in [2.24, 2.45) is 5.73 Å². The van der Waals surface area contributed by atoms with Crippen molar-refractivity contribution in [1.29, 1.82) is 0 Å². The van der Waals surface area contributed by atoms with Crippen LogP contribution in [0, 0.1) is 12.7 Å². The van der Waals surface area contributed by atoms with Crippen LogP contribution >= 0.6 is 0 Å². The molecule has 98 valence electrons. The van der Waals surface area contributed by atoms with Crippen LogP contribution in [-0.4, -0.2) is 24.7 Å². The highest BCUT2D eigenvalue weighted by molar-refractivity contribution is 5.94. The fourth-order valence-electron chi connectivity index (χ4n) is 2.01. The molecule has 2 unspecified atom stereocenters. The van der Waals surface area contributed by atoms with Crippen molar-refractivity contribution >= 4 is 11.6 Å². The van der Waals surface area contributed by atoms with Gasteiger partial charge in [0.05, 0.1) is 11.8 Å². The Morgan fingerprint density at radius 1 is 1.56 bits per heavy atom. The summed E-state index contributed by atoms with van der Waals surface area (Å²) in [6.45, 7) is 2.20. The maximum atomic E-state index is 13.6. The number of hydrogen-bond donors (Lipinski definition) is 2. The van der Waals surface area contributed by atoms with Crippen LogP contribution in [0.1, 0.15) is 18.4 Å². The lowest BCUT2D eigenvalue weighted by molar-refractivity contribution is -0.126.